The molecule has 10 N–H and O–H groups in total. The second-order valence-corrected chi connectivity index (χ2v) is 38.1. The number of ether oxygens (including phenoxy) is 9. The van der Waals surface area contributed by atoms with Crippen LogP contribution in [-0.4, -0.2) is 262 Å². The first-order chi connectivity index (χ1) is 63.3. The van der Waals surface area contributed by atoms with Crippen molar-refractivity contribution in [3.8, 4) is 23.0 Å². The highest BCUT2D eigenvalue weighted by Crippen LogP contribution is 2.70. The summed E-state index contributed by atoms with van der Waals surface area (Å²) in [6.45, 7) is 10.0. The molecule has 0 aromatic heterocycles. The van der Waals surface area contributed by atoms with E-state index < -0.39 is 129 Å². The van der Waals surface area contributed by atoms with Crippen LogP contribution in [0.2, 0.25) is 0 Å². The number of carbonyl (C=O) groups excluding carboxylic acids is 7. The molecule has 8 aliphatic carbocycles. The summed E-state index contributed by atoms with van der Waals surface area (Å²) in [5, 5.41) is 108. The van der Waals surface area contributed by atoms with Gasteiger partial charge in [0.1, 0.15) is 57.9 Å². The Balaban J connectivity index is 0.000000121. The van der Waals surface area contributed by atoms with Crippen LogP contribution in [0.15, 0.2) is 151 Å². The Morgan fingerprint density at radius 3 is 1.08 bits per heavy atom. The van der Waals surface area contributed by atoms with Gasteiger partial charge in [0.15, 0.2) is 36.6 Å². The maximum atomic E-state index is 13.1. The van der Waals surface area contributed by atoms with Crippen LogP contribution < -0.4 is 18.9 Å². The predicted molar refractivity (Wildman–Crippen MR) is 467 cm³/mol. The van der Waals surface area contributed by atoms with Crippen LogP contribution in [0.3, 0.4) is 0 Å². The summed E-state index contributed by atoms with van der Waals surface area (Å²) in [5.74, 6) is -0.321. The van der Waals surface area contributed by atoms with Gasteiger partial charge in [0, 0.05) is 107 Å². The SMILES string of the molecule is C/C=C/C=C/C(=O)OC1=CC[C@@]2(O)[C@H]3Cc4ccc(CO)c5c4[C@@]2(CCN3C)[C@H]1O5.CC(=O)C[C@H](O)C(=O)OC1=CC[C@@]2(O)[C@H]3Cc4ccc(CO)c5c4[C@@]2(CCN3C)[C@H]1O5.C[C@@H](C(=O)OC1=CC[C@@]2(O)[C@H]3Cc4ccc(CO)c5c4[C@@]2(CCN3C)[C@H]1O5)c1ccccc1.C[C@H](O)C(=O)O[C@@H](C)C(=O)OC1=CC[C@@]2(O)[C@H]3Cc4ccc(CO)c5c4[C@@]2(CCN3C)[C@H]1O5.O=CC(F)(F)F. The van der Waals surface area contributed by atoms with Crippen LogP contribution in [0.4, 0.5) is 13.2 Å². The van der Waals surface area contributed by atoms with Crippen molar-refractivity contribution >= 4 is 41.9 Å². The number of likely N-dealkylation sites (N-methyl/N-ethyl adjacent to an activating group) is 4. The summed E-state index contributed by atoms with van der Waals surface area (Å²) in [5.41, 5.74) is 4.50. The molecule has 16 aliphatic rings. The molecule has 0 radical (unpaired) electrons. The quantitative estimate of drug-likeness (QED) is 0.0150. The third-order valence-corrected chi connectivity index (χ3v) is 31.4. The van der Waals surface area contributed by atoms with Crippen LogP contribution >= 0.6 is 0 Å². The van der Waals surface area contributed by atoms with Crippen molar-refractivity contribution in [3.05, 3.63) is 223 Å². The monoisotopic (exact) mass is 1840 g/mol. The van der Waals surface area contributed by atoms with Crippen LogP contribution in [0.25, 0.3) is 0 Å². The molecule has 0 saturated carbocycles. The van der Waals surface area contributed by atoms with Gasteiger partial charge >= 0.3 is 36.0 Å². The van der Waals surface area contributed by atoms with Gasteiger partial charge in [0.2, 0.25) is 6.29 Å². The van der Waals surface area contributed by atoms with E-state index in [9.17, 15) is 93.0 Å². The molecule has 710 valence electrons. The molecule has 20 atom stereocenters. The van der Waals surface area contributed by atoms with Gasteiger partial charge in [-0.1, -0.05) is 97.1 Å². The minimum absolute atomic E-state index is 0.0427. The molecule has 4 saturated heterocycles. The van der Waals surface area contributed by atoms with E-state index >= 15 is 0 Å². The molecule has 21 rings (SSSR count). The summed E-state index contributed by atoms with van der Waals surface area (Å²) in [6.07, 6.45) is 7.48. The highest BCUT2D eigenvalue weighted by atomic mass is 19.4. The van der Waals surface area contributed by atoms with Crippen molar-refractivity contribution in [2.75, 3.05) is 54.4 Å². The van der Waals surface area contributed by atoms with Gasteiger partial charge in [-0.3, -0.25) is 14.4 Å². The first-order valence-corrected chi connectivity index (χ1v) is 45.3. The van der Waals surface area contributed by atoms with Gasteiger partial charge in [-0.15, -0.1) is 0 Å². The molecule has 8 heterocycles. The Hall–Kier alpha value is -10.3. The number of ketones is 1. The molecule has 8 bridgehead atoms. The number of hydrogen-bond donors (Lipinski definition) is 10. The molecule has 5 aromatic carbocycles. The lowest BCUT2D eigenvalue weighted by Gasteiger charge is -2.61. The van der Waals surface area contributed by atoms with Crippen molar-refractivity contribution in [2.45, 2.75) is 268 Å². The predicted octanol–water partition coefficient (Wildman–Crippen LogP) is 6.34. The van der Waals surface area contributed by atoms with Crippen LogP contribution in [0, 0.1) is 0 Å². The van der Waals surface area contributed by atoms with Crippen LogP contribution in [0.1, 0.15) is 171 Å². The number of nitrogens with zero attached hydrogens (tertiary/aromatic N) is 4. The number of allylic oxidation sites excluding steroid dienone is 3. The normalized spacial score (nSPS) is 32.4. The fraction of sp³-hybridized carbons (Fsp3) is 0.510. The number of carbonyl (C=O) groups is 7. The van der Waals surface area contributed by atoms with E-state index in [0.29, 0.717) is 108 Å². The third kappa shape index (κ3) is 14.6. The maximum Gasteiger partial charge on any atom is 0.446 e. The molecule has 4 fully saturated rings. The first kappa shape index (κ1) is 94.4. The number of aliphatic hydroxyl groups is 10. The Labute approximate surface area is 766 Å². The van der Waals surface area contributed by atoms with E-state index in [2.05, 4.69) is 39.8 Å². The Morgan fingerprint density at radius 2 is 0.782 bits per heavy atom. The summed E-state index contributed by atoms with van der Waals surface area (Å²) in [7, 11) is 8.13. The number of likely N-dealkylation sites (tertiary alicyclic amines) is 4. The van der Waals surface area contributed by atoms with Crippen molar-refractivity contribution in [1.29, 1.82) is 0 Å². The third-order valence-electron chi connectivity index (χ3n) is 31.4. The van der Waals surface area contributed by atoms with E-state index in [1.165, 1.54) is 26.8 Å². The zero-order chi connectivity index (χ0) is 95.1. The maximum absolute atomic E-state index is 13.1. The second-order valence-electron chi connectivity index (χ2n) is 38.1. The Morgan fingerprint density at radius 1 is 0.466 bits per heavy atom. The molecule has 4 spiro atoms. The van der Waals surface area contributed by atoms with Gasteiger partial charge in [0.05, 0.1) is 76.4 Å². The van der Waals surface area contributed by atoms with E-state index in [1.54, 1.807) is 24.3 Å². The van der Waals surface area contributed by atoms with Crippen molar-refractivity contribution in [2.24, 2.45) is 0 Å². The minimum atomic E-state index is -4.64. The van der Waals surface area contributed by atoms with Gasteiger partial charge in [-0.2, -0.15) is 13.2 Å². The second kappa shape index (κ2) is 35.1. The topological polar surface area (TPSA) is 418 Å². The lowest BCUT2D eigenvalue weighted by molar-refractivity contribution is -0.177. The Bertz CT molecular complexity index is 5730. The highest BCUT2D eigenvalue weighted by molar-refractivity contribution is 5.86. The molecule has 0 amide bonds. The number of hydrogen-bond acceptors (Lipinski definition) is 30. The number of aliphatic hydroxyl groups excluding tert-OH is 6. The average Bonchev–Trinajstić information content (AvgIpc) is 1.56. The number of Topliss-reactive ketones (excluding diaryl/α,β-unsaturated/α-hetero) is 1. The lowest BCUT2D eigenvalue weighted by Crippen LogP contribution is -2.74. The minimum Gasteiger partial charge on any atom is -0.481 e. The fourth-order valence-corrected chi connectivity index (χ4v) is 25.1. The number of halogens is 3. The summed E-state index contributed by atoms with van der Waals surface area (Å²) in [6, 6.07) is 24.8. The largest absolute Gasteiger partial charge is 0.481 e. The number of piperidine rings is 4. The summed E-state index contributed by atoms with van der Waals surface area (Å²) < 4.78 is 84.8. The van der Waals surface area contributed by atoms with Crippen molar-refractivity contribution in [1.82, 2.24) is 19.6 Å². The standard InChI is InChI=1S/C27H29NO5.C24H29NO8.C24H27NO5.C23H27NO7.C2HF3O/c1-16(17-6-4-3-5-7-17)25(30)32-20-10-11-27(31)21-14-18-8-9-19(15-29)23-22(18)26(27,24(20)33-23)12-13-28(21)2;1-12(27)21(28)31-13(2)22(29)32-16-6-7-24(30)17-10-14-4-5-15(11-26)19-18(14)23(24,20(16)33-19)8-9-25(17)3;1-3-4-5-6-19(27)29-17-9-10-24(28)18-13-15-7-8-16(14-26)21-20(15)23(24,22(17)30-21)11-12-25(18)2;1-12(26)9-15(27)21(28)30-16-5-6-23(29)17-10-13-3-4-14(11-25)19-18(13)22(23,20(16)31-19)7-8-24(17)2;3-2(4,5)1-6/h3-10,16,21,24,29,31H,11-15H2,1-2H3;4-6,12-13,17,20,26-27,30H,7-11H2,1-3H3;3-9,18,22,26,28H,10-14H2,1-2H3;3-5,15,17,20,25,27,29H,6-11H2,1-2H3;1H/b;;4-3+,6-5+;;/t16-,21-,24+,26+,27-;12-,13-,17+,20-,23-,24+;18-,22+,23+,24-;15-,17+,20-,22-,23+;/m1010./s1. The highest BCUT2D eigenvalue weighted by Gasteiger charge is 2.77. The fourth-order valence-electron chi connectivity index (χ4n) is 25.1. The number of esters is 5. The molecular weight excluding hydrogens is 1730 g/mol. The van der Waals surface area contributed by atoms with Gasteiger partial charge in [-0.05, 0) is 192 Å². The van der Waals surface area contributed by atoms with Crippen molar-refractivity contribution in [3.63, 3.8) is 0 Å². The molecule has 33 heteroatoms. The average molecular weight is 1840 g/mol. The Kier molecular flexibility index (Phi) is 24.9. The molecular formula is C100H113F3N4O26. The van der Waals surface area contributed by atoms with E-state index in [0.717, 1.165) is 89.1 Å². The van der Waals surface area contributed by atoms with E-state index in [1.807, 2.05) is 119 Å². The first-order valence-electron chi connectivity index (χ1n) is 45.3. The van der Waals surface area contributed by atoms with Crippen molar-refractivity contribution < 1.29 is 140 Å². The zero-order valence-corrected chi connectivity index (χ0v) is 75.4. The van der Waals surface area contributed by atoms with Crippen LogP contribution in [0.5, 0.6) is 23.0 Å². The van der Waals surface area contributed by atoms with Crippen LogP contribution in [-0.2, 0) is 131 Å². The number of benzene rings is 5. The number of rotatable bonds is 18. The molecule has 5 aromatic rings. The zero-order valence-electron chi connectivity index (χ0n) is 75.4. The smallest absolute Gasteiger partial charge is 0.446 e. The molecule has 30 nitrogen and oxygen atoms in total. The van der Waals surface area contributed by atoms with Gasteiger partial charge in [-0.25, -0.2) is 19.2 Å². The van der Waals surface area contributed by atoms with Gasteiger partial charge < -0.3 is 113 Å². The van der Waals surface area contributed by atoms with Gasteiger partial charge in [0.25, 0.3) is 0 Å². The molecule has 133 heavy (non-hydrogen) atoms. The van der Waals surface area contributed by atoms with E-state index in [-0.39, 0.29) is 93.1 Å². The summed E-state index contributed by atoms with van der Waals surface area (Å²) >= 11 is 0. The number of alkyl halides is 3. The number of aldehydes is 1. The molecule has 8 aliphatic heterocycles. The lowest BCUT2D eigenvalue weighted by atomic mass is 9.50. The van der Waals surface area contributed by atoms with E-state index in [4.69, 9.17) is 47.4 Å². The summed E-state index contributed by atoms with van der Waals surface area (Å²) in [4.78, 5) is 91.2. The molecule has 0 unspecified atom stereocenters.